The van der Waals surface area contributed by atoms with Crippen LogP contribution >= 0.6 is 11.8 Å². The van der Waals surface area contributed by atoms with Gasteiger partial charge in [-0.25, -0.2) is 0 Å². The topological polar surface area (TPSA) is 49.9 Å². The van der Waals surface area contributed by atoms with Crippen LogP contribution in [0.25, 0.3) is 0 Å². The summed E-state index contributed by atoms with van der Waals surface area (Å²) in [5.74, 6) is 1.20. The minimum absolute atomic E-state index is 0.00574. The van der Waals surface area contributed by atoms with Gasteiger partial charge in [0.05, 0.1) is 5.75 Å². The third-order valence-corrected chi connectivity index (χ3v) is 6.45. The maximum atomic E-state index is 12.5. The molecule has 0 aromatic heterocycles. The van der Waals surface area contributed by atoms with Crippen LogP contribution in [0.1, 0.15) is 18.9 Å². The predicted molar refractivity (Wildman–Crippen MR) is 109 cm³/mol. The maximum absolute atomic E-state index is 12.5. The number of carbonyl (C=O) groups excluding carboxylic acids is 2. The molecule has 2 saturated heterocycles. The van der Waals surface area contributed by atoms with Crippen molar-refractivity contribution in [3.05, 3.63) is 35.9 Å². The summed E-state index contributed by atoms with van der Waals surface area (Å²) in [6.07, 6.45) is 3.95. The molecule has 2 aliphatic rings. The molecule has 5 nitrogen and oxygen atoms in total. The molecule has 6 heteroatoms. The van der Waals surface area contributed by atoms with Crippen LogP contribution in [0.15, 0.2) is 30.3 Å². The summed E-state index contributed by atoms with van der Waals surface area (Å²) in [5, 5.41) is 0. The number of thioether (sulfide) groups is 1. The molecule has 0 saturated carbocycles. The molecule has 0 aliphatic carbocycles. The Balaban J connectivity index is 1.71. The first-order chi connectivity index (χ1) is 13.1. The zero-order chi connectivity index (χ0) is 19.3. The molecule has 2 unspecified atom stereocenters. The smallest absolute Gasteiger partial charge is 0.248 e. The molecule has 1 aromatic rings. The van der Waals surface area contributed by atoms with Crippen molar-refractivity contribution in [3.8, 4) is 0 Å². The molecule has 0 bridgehead atoms. The van der Waals surface area contributed by atoms with Crippen molar-refractivity contribution >= 4 is 23.6 Å². The molecule has 2 fully saturated rings. The molecule has 0 radical (unpaired) electrons. The largest absolute Gasteiger partial charge is 0.372 e. The highest BCUT2D eigenvalue weighted by atomic mass is 32.2. The Morgan fingerprint density at radius 3 is 2.44 bits per heavy atom. The van der Waals surface area contributed by atoms with Crippen LogP contribution in [0.3, 0.4) is 0 Å². The number of benzene rings is 1. The number of hydrogen-bond acceptors (Lipinski definition) is 4. The number of amides is 2. The molecule has 2 heterocycles. The van der Waals surface area contributed by atoms with Crippen LogP contribution in [-0.2, 0) is 20.7 Å². The first kappa shape index (κ1) is 20.2. The molecule has 2 atom stereocenters. The van der Waals surface area contributed by atoms with Gasteiger partial charge < -0.3 is 14.5 Å². The lowest BCUT2D eigenvalue weighted by atomic mass is 9.76. The fourth-order valence-corrected chi connectivity index (χ4v) is 4.88. The number of likely N-dealkylation sites (tertiary alicyclic amines) is 2. The minimum Gasteiger partial charge on any atom is -0.372 e. The van der Waals surface area contributed by atoms with E-state index in [1.165, 1.54) is 5.56 Å². The molecular weight excluding hydrogens is 360 g/mol. The standard InChI is InChI=1S/C21H30N2O3S/c1-3-26-13-19(24)22-11-18-12-23(20(25)14-27-2)16-21(18,15-22)10-9-17-7-5-4-6-8-17/h4-8,18H,3,9-16H2,1-2H3. The summed E-state index contributed by atoms with van der Waals surface area (Å²) in [5.41, 5.74) is 1.32. The molecule has 1 aromatic carbocycles. The molecule has 2 amide bonds. The van der Waals surface area contributed by atoms with Crippen molar-refractivity contribution in [2.24, 2.45) is 11.3 Å². The molecule has 2 aliphatic heterocycles. The Morgan fingerprint density at radius 1 is 1.15 bits per heavy atom. The Hall–Kier alpha value is -1.53. The zero-order valence-corrected chi connectivity index (χ0v) is 17.2. The molecular formula is C21H30N2O3S. The second kappa shape index (κ2) is 9.11. The molecule has 0 spiro atoms. The highest BCUT2D eigenvalue weighted by Crippen LogP contribution is 2.46. The number of ether oxygens (including phenoxy) is 1. The second-order valence-corrected chi connectivity index (χ2v) is 8.53. The van der Waals surface area contributed by atoms with Gasteiger partial charge in [-0.15, -0.1) is 0 Å². The molecule has 148 valence electrons. The van der Waals surface area contributed by atoms with Crippen molar-refractivity contribution in [1.29, 1.82) is 0 Å². The lowest BCUT2D eigenvalue weighted by molar-refractivity contribution is -0.135. The molecule has 3 rings (SSSR count). The van der Waals surface area contributed by atoms with Crippen LogP contribution in [0.5, 0.6) is 0 Å². The monoisotopic (exact) mass is 390 g/mol. The third-order valence-electron chi connectivity index (χ3n) is 5.92. The fraction of sp³-hybridized carbons (Fsp3) is 0.619. The summed E-state index contributed by atoms with van der Waals surface area (Å²) in [6, 6.07) is 10.5. The maximum Gasteiger partial charge on any atom is 0.248 e. The lowest BCUT2D eigenvalue weighted by Crippen LogP contribution is -2.40. The number of nitrogens with zero attached hydrogens (tertiary/aromatic N) is 2. The van der Waals surface area contributed by atoms with E-state index in [-0.39, 0.29) is 23.8 Å². The van der Waals surface area contributed by atoms with Gasteiger partial charge in [0.2, 0.25) is 11.8 Å². The van der Waals surface area contributed by atoms with E-state index in [2.05, 4.69) is 24.3 Å². The van der Waals surface area contributed by atoms with Crippen molar-refractivity contribution in [1.82, 2.24) is 9.80 Å². The van der Waals surface area contributed by atoms with Gasteiger partial charge in [-0.3, -0.25) is 9.59 Å². The van der Waals surface area contributed by atoms with E-state index < -0.39 is 0 Å². The zero-order valence-electron chi connectivity index (χ0n) is 16.4. The van der Waals surface area contributed by atoms with Crippen LogP contribution in [0.4, 0.5) is 0 Å². The highest BCUT2D eigenvalue weighted by Gasteiger charge is 2.53. The Morgan fingerprint density at radius 2 is 1.81 bits per heavy atom. The van der Waals surface area contributed by atoms with E-state index in [0.717, 1.165) is 39.0 Å². The third kappa shape index (κ3) is 4.66. The summed E-state index contributed by atoms with van der Waals surface area (Å²) in [6.45, 7) is 5.63. The molecule has 27 heavy (non-hydrogen) atoms. The van der Waals surface area contributed by atoms with Crippen molar-refractivity contribution in [2.45, 2.75) is 19.8 Å². The van der Waals surface area contributed by atoms with Crippen molar-refractivity contribution in [2.75, 3.05) is 51.4 Å². The number of aryl methyl sites for hydroxylation is 1. The van der Waals surface area contributed by atoms with Gasteiger partial charge in [0.1, 0.15) is 6.61 Å². The Kier molecular flexibility index (Phi) is 6.82. The van der Waals surface area contributed by atoms with E-state index in [0.29, 0.717) is 18.3 Å². The summed E-state index contributed by atoms with van der Waals surface area (Å²) in [4.78, 5) is 28.9. The van der Waals surface area contributed by atoms with Crippen molar-refractivity contribution < 1.29 is 14.3 Å². The minimum atomic E-state index is 0.00574. The van der Waals surface area contributed by atoms with Crippen LogP contribution < -0.4 is 0 Å². The van der Waals surface area contributed by atoms with Gasteiger partial charge in [-0.1, -0.05) is 30.3 Å². The van der Waals surface area contributed by atoms with Gasteiger partial charge in [0.25, 0.3) is 0 Å². The van der Waals surface area contributed by atoms with Crippen molar-refractivity contribution in [3.63, 3.8) is 0 Å². The molecule has 0 N–H and O–H groups in total. The number of fused-ring (bicyclic) bond motifs is 1. The van der Waals surface area contributed by atoms with Gasteiger partial charge >= 0.3 is 0 Å². The first-order valence-corrected chi connectivity index (χ1v) is 11.1. The van der Waals surface area contributed by atoms with Crippen LogP contribution in [0.2, 0.25) is 0 Å². The first-order valence-electron chi connectivity index (χ1n) is 9.74. The normalized spacial score (nSPS) is 24.3. The number of rotatable bonds is 8. The van der Waals surface area contributed by atoms with Crippen LogP contribution in [-0.4, -0.2) is 73.0 Å². The van der Waals surface area contributed by atoms with E-state index in [1.807, 2.05) is 29.0 Å². The van der Waals surface area contributed by atoms with E-state index >= 15 is 0 Å². The number of hydrogen-bond donors (Lipinski definition) is 0. The van der Waals surface area contributed by atoms with Gasteiger partial charge in [0, 0.05) is 44.1 Å². The lowest BCUT2D eigenvalue weighted by Gasteiger charge is -2.29. The van der Waals surface area contributed by atoms with Gasteiger partial charge in [0.15, 0.2) is 0 Å². The second-order valence-electron chi connectivity index (χ2n) is 7.66. The average molecular weight is 391 g/mol. The SMILES string of the molecule is CCOCC(=O)N1CC2CN(C(=O)CSC)CC2(CCc2ccccc2)C1. The van der Waals surface area contributed by atoms with E-state index in [9.17, 15) is 9.59 Å². The van der Waals surface area contributed by atoms with Gasteiger partial charge in [-0.05, 0) is 31.6 Å². The number of carbonyl (C=O) groups is 2. The highest BCUT2D eigenvalue weighted by molar-refractivity contribution is 7.99. The predicted octanol–water partition coefficient (Wildman–Crippen LogP) is 2.31. The van der Waals surface area contributed by atoms with E-state index in [4.69, 9.17) is 4.74 Å². The fourth-order valence-electron chi connectivity index (χ4n) is 4.45. The summed E-state index contributed by atoms with van der Waals surface area (Å²) in [7, 11) is 0. The average Bonchev–Trinajstić information content (AvgIpc) is 3.20. The van der Waals surface area contributed by atoms with Gasteiger partial charge in [-0.2, -0.15) is 11.8 Å². The van der Waals surface area contributed by atoms with E-state index in [1.54, 1.807) is 11.8 Å². The van der Waals surface area contributed by atoms with Crippen LogP contribution in [0, 0.1) is 11.3 Å². The summed E-state index contributed by atoms with van der Waals surface area (Å²) >= 11 is 1.58. The quantitative estimate of drug-likeness (QED) is 0.684. The Bertz CT molecular complexity index is 654. The Labute approximate surface area is 166 Å². The summed E-state index contributed by atoms with van der Waals surface area (Å²) < 4.78 is 5.32.